The first-order valence-electron chi connectivity index (χ1n) is 6.47. The van der Waals surface area contributed by atoms with Gasteiger partial charge in [0.1, 0.15) is 0 Å². The predicted octanol–water partition coefficient (Wildman–Crippen LogP) is 3.76. The predicted molar refractivity (Wildman–Crippen MR) is 80.3 cm³/mol. The molecule has 0 aliphatic heterocycles. The normalized spacial score (nSPS) is 10.2. The molecular weight excluding hydrogens is 250 g/mol. The van der Waals surface area contributed by atoms with Crippen LogP contribution in [0.3, 0.4) is 0 Å². The van der Waals surface area contributed by atoms with E-state index in [1.54, 1.807) is 18.2 Å². The van der Waals surface area contributed by atoms with Crippen LogP contribution in [0, 0.1) is 13.8 Å². The number of rotatable bonds is 3. The van der Waals surface area contributed by atoms with Gasteiger partial charge in [0.2, 0.25) is 0 Å². The van der Waals surface area contributed by atoms with Crippen LogP contribution in [-0.4, -0.2) is 11.7 Å². The third kappa shape index (κ3) is 2.94. The van der Waals surface area contributed by atoms with Gasteiger partial charge in [0.15, 0.2) is 5.78 Å². The van der Waals surface area contributed by atoms with Gasteiger partial charge < -0.3 is 5.32 Å². The van der Waals surface area contributed by atoms with E-state index in [1.807, 2.05) is 38.1 Å². The van der Waals surface area contributed by atoms with Crippen LogP contribution in [0.5, 0.6) is 0 Å². The molecule has 20 heavy (non-hydrogen) atoms. The second-order valence-corrected chi connectivity index (χ2v) is 4.85. The number of amides is 1. The van der Waals surface area contributed by atoms with Crippen LogP contribution in [-0.2, 0) is 0 Å². The fourth-order valence-electron chi connectivity index (χ4n) is 2.16. The maximum Gasteiger partial charge on any atom is 0.255 e. The van der Waals surface area contributed by atoms with Gasteiger partial charge >= 0.3 is 0 Å². The molecule has 0 aliphatic rings. The van der Waals surface area contributed by atoms with E-state index >= 15 is 0 Å². The molecule has 0 saturated heterocycles. The van der Waals surface area contributed by atoms with Gasteiger partial charge in [0.05, 0.1) is 0 Å². The summed E-state index contributed by atoms with van der Waals surface area (Å²) in [5.74, 6) is -0.114. The highest BCUT2D eigenvalue weighted by Crippen LogP contribution is 2.17. The first-order valence-corrected chi connectivity index (χ1v) is 6.47. The lowest BCUT2D eigenvalue weighted by Crippen LogP contribution is -2.13. The Balaban J connectivity index is 2.23. The molecule has 1 amide bonds. The summed E-state index contributed by atoms with van der Waals surface area (Å²) in [6.45, 7) is 5.30. The lowest BCUT2D eigenvalue weighted by atomic mass is 10.0. The highest BCUT2D eigenvalue weighted by atomic mass is 16.1. The first-order chi connectivity index (χ1) is 9.49. The van der Waals surface area contributed by atoms with Crippen molar-refractivity contribution < 1.29 is 9.59 Å². The topological polar surface area (TPSA) is 46.2 Å². The molecule has 0 heterocycles. The Bertz CT molecular complexity index is 674. The SMILES string of the molecule is CC(=O)c1ccc(NC(=O)c2ccccc2C)cc1C. The Labute approximate surface area is 118 Å². The standard InChI is InChI=1S/C17H17NO2/c1-11-6-4-5-7-16(11)17(20)18-14-8-9-15(13(3)19)12(2)10-14/h4-10H,1-3H3,(H,18,20). The molecule has 2 aromatic carbocycles. The van der Waals surface area contributed by atoms with E-state index in [0.29, 0.717) is 16.8 Å². The van der Waals surface area contributed by atoms with Crippen molar-refractivity contribution in [3.05, 3.63) is 64.7 Å². The number of Topliss-reactive ketones (excluding diaryl/α,β-unsaturated/α-hetero) is 1. The number of aryl methyl sites for hydroxylation is 2. The summed E-state index contributed by atoms with van der Waals surface area (Å²) in [4.78, 5) is 23.6. The van der Waals surface area contributed by atoms with Crippen molar-refractivity contribution in [2.75, 3.05) is 5.32 Å². The van der Waals surface area contributed by atoms with Gasteiger partial charge in [-0.1, -0.05) is 18.2 Å². The molecule has 1 N–H and O–H groups in total. The number of nitrogens with one attached hydrogen (secondary N) is 1. The number of anilines is 1. The zero-order chi connectivity index (χ0) is 14.7. The second kappa shape index (κ2) is 5.70. The van der Waals surface area contributed by atoms with Crippen molar-refractivity contribution in [2.24, 2.45) is 0 Å². The van der Waals surface area contributed by atoms with E-state index in [9.17, 15) is 9.59 Å². The summed E-state index contributed by atoms with van der Waals surface area (Å²) in [7, 11) is 0. The molecule has 0 aromatic heterocycles. The van der Waals surface area contributed by atoms with Gasteiger partial charge in [-0.15, -0.1) is 0 Å². The molecule has 3 nitrogen and oxygen atoms in total. The molecule has 0 fully saturated rings. The number of ketones is 1. The fraction of sp³-hybridized carbons (Fsp3) is 0.176. The van der Waals surface area contributed by atoms with Gasteiger partial charge in [0.25, 0.3) is 5.91 Å². The lowest BCUT2D eigenvalue weighted by Gasteiger charge is -2.09. The molecule has 0 bridgehead atoms. The van der Waals surface area contributed by atoms with Crippen molar-refractivity contribution in [3.8, 4) is 0 Å². The van der Waals surface area contributed by atoms with E-state index in [0.717, 1.165) is 11.1 Å². The van der Waals surface area contributed by atoms with Crippen molar-refractivity contribution >= 4 is 17.4 Å². The Hall–Kier alpha value is -2.42. The summed E-state index contributed by atoms with van der Waals surface area (Å²) in [5.41, 5.74) is 3.82. The summed E-state index contributed by atoms with van der Waals surface area (Å²) in [6, 6.07) is 12.7. The molecule has 2 aromatic rings. The molecule has 0 saturated carbocycles. The van der Waals surface area contributed by atoms with Crippen molar-refractivity contribution in [3.63, 3.8) is 0 Å². The van der Waals surface area contributed by atoms with Crippen LogP contribution in [0.2, 0.25) is 0 Å². The third-order valence-electron chi connectivity index (χ3n) is 3.25. The van der Waals surface area contributed by atoms with Gasteiger partial charge in [0, 0.05) is 16.8 Å². The zero-order valence-corrected chi connectivity index (χ0v) is 11.9. The maximum atomic E-state index is 12.2. The highest BCUT2D eigenvalue weighted by molar-refractivity contribution is 6.05. The van der Waals surface area contributed by atoms with Gasteiger partial charge in [-0.2, -0.15) is 0 Å². The average molecular weight is 267 g/mol. The smallest absolute Gasteiger partial charge is 0.255 e. The van der Waals surface area contributed by atoms with Gasteiger partial charge in [-0.25, -0.2) is 0 Å². The number of carbonyl (C=O) groups excluding carboxylic acids is 2. The van der Waals surface area contributed by atoms with E-state index in [1.165, 1.54) is 6.92 Å². The molecule has 3 heteroatoms. The number of benzene rings is 2. The minimum atomic E-state index is -0.141. The second-order valence-electron chi connectivity index (χ2n) is 4.85. The number of hydrogen-bond donors (Lipinski definition) is 1. The van der Waals surface area contributed by atoms with E-state index < -0.39 is 0 Å². The van der Waals surface area contributed by atoms with Crippen LogP contribution < -0.4 is 5.32 Å². The van der Waals surface area contributed by atoms with Crippen LogP contribution in [0.25, 0.3) is 0 Å². The number of carbonyl (C=O) groups is 2. The van der Waals surface area contributed by atoms with Crippen molar-refractivity contribution in [1.29, 1.82) is 0 Å². The van der Waals surface area contributed by atoms with E-state index in [-0.39, 0.29) is 11.7 Å². The minimum absolute atomic E-state index is 0.0271. The van der Waals surface area contributed by atoms with E-state index in [2.05, 4.69) is 5.32 Å². The largest absolute Gasteiger partial charge is 0.322 e. The zero-order valence-electron chi connectivity index (χ0n) is 11.9. The maximum absolute atomic E-state index is 12.2. The quantitative estimate of drug-likeness (QED) is 0.861. The lowest BCUT2D eigenvalue weighted by molar-refractivity contribution is 0.101. The van der Waals surface area contributed by atoms with Crippen LogP contribution in [0.1, 0.15) is 38.8 Å². The minimum Gasteiger partial charge on any atom is -0.322 e. The summed E-state index contributed by atoms with van der Waals surface area (Å²) in [6.07, 6.45) is 0. The van der Waals surface area contributed by atoms with E-state index in [4.69, 9.17) is 0 Å². The molecule has 2 rings (SSSR count). The molecule has 0 atom stereocenters. The van der Waals surface area contributed by atoms with Gasteiger partial charge in [-0.05, 0) is 56.2 Å². The molecule has 0 aliphatic carbocycles. The van der Waals surface area contributed by atoms with Crippen LogP contribution in [0.4, 0.5) is 5.69 Å². The number of hydrogen-bond acceptors (Lipinski definition) is 2. The molecular formula is C17H17NO2. The Morgan fingerprint density at radius 3 is 2.20 bits per heavy atom. The van der Waals surface area contributed by atoms with Crippen molar-refractivity contribution in [1.82, 2.24) is 0 Å². The molecule has 0 radical (unpaired) electrons. The summed E-state index contributed by atoms with van der Waals surface area (Å²) < 4.78 is 0. The summed E-state index contributed by atoms with van der Waals surface area (Å²) >= 11 is 0. The fourth-order valence-corrected chi connectivity index (χ4v) is 2.16. The Morgan fingerprint density at radius 2 is 1.60 bits per heavy atom. The highest BCUT2D eigenvalue weighted by Gasteiger charge is 2.10. The average Bonchev–Trinajstić information content (AvgIpc) is 2.38. The monoisotopic (exact) mass is 267 g/mol. The summed E-state index contributed by atoms with van der Waals surface area (Å²) in [5, 5.41) is 2.86. The van der Waals surface area contributed by atoms with Crippen molar-refractivity contribution in [2.45, 2.75) is 20.8 Å². The first kappa shape index (κ1) is 14.0. The van der Waals surface area contributed by atoms with Crippen LogP contribution >= 0.6 is 0 Å². The van der Waals surface area contributed by atoms with Gasteiger partial charge in [-0.3, -0.25) is 9.59 Å². The third-order valence-corrected chi connectivity index (χ3v) is 3.25. The molecule has 0 unspecified atom stereocenters. The van der Waals surface area contributed by atoms with Crippen LogP contribution in [0.15, 0.2) is 42.5 Å². The Kier molecular flexibility index (Phi) is 3.99. The molecule has 0 spiro atoms. The Morgan fingerprint density at radius 1 is 0.900 bits per heavy atom. The molecule has 102 valence electrons.